The van der Waals surface area contributed by atoms with Crippen LogP contribution in [-0.2, 0) is 4.74 Å². The topological polar surface area (TPSA) is 55.6 Å². The fourth-order valence-electron chi connectivity index (χ4n) is 2.37. The van der Waals surface area contributed by atoms with E-state index < -0.39 is 10.7 Å². The third-order valence-electron chi connectivity index (χ3n) is 3.42. The van der Waals surface area contributed by atoms with Gasteiger partial charge in [-0.15, -0.1) is 0 Å². The van der Waals surface area contributed by atoms with Crippen molar-refractivity contribution in [3.63, 3.8) is 0 Å². The summed E-state index contributed by atoms with van der Waals surface area (Å²) in [6.07, 6.45) is 1.88. The van der Waals surface area contributed by atoms with Gasteiger partial charge in [-0.1, -0.05) is 0 Å². The number of nitrogens with zero attached hydrogens (tertiary/aromatic N) is 2. The molecular weight excluding hydrogens is 251 g/mol. The number of halogens is 1. The van der Waals surface area contributed by atoms with Crippen molar-refractivity contribution in [3.05, 3.63) is 34.1 Å². The molecule has 0 spiro atoms. The molecule has 1 heterocycles. The first kappa shape index (κ1) is 13.7. The molecule has 2 rings (SSSR count). The van der Waals surface area contributed by atoms with Crippen LogP contribution in [0, 0.1) is 21.8 Å². The summed E-state index contributed by atoms with van der Waals surface area (Å²) in [5.74, 6) is -0.0268. The molecule has 1 aliphatic heterocycles. The van der Waals surface area contributed by atoms with E-state index in [1.807, 2.05) is 0 Å². The van der Waals surface area contributed by atoms with Crippen LogP contribution in [0.3, 0.4) is 0 Å². The van der Waals surface area contributed by atoms with Gasteiger partial charge in [0, 0.05) is 38.9 Å². The number of rotatable bonds is 4. The minimum Gasteiger partial charge on any atom is -0.381 e. The van der Waals surface area contributed by atoms with Gasteiger partial charge in [-0.05, 0) is 24.8 Å². The van der Waals surface area contributed by atoms with Gasteiger partial charge in [0.05, 0.1) is 4.92 Å². The second-order valence-corrected chi connectivity index (χ2v) is 4.83. The molecule has 1 fully saturated rings. The van der Waals surface area contributed by atoms with Crippen LogP contribution < -0.4 is 4.90 Å². The zero-order chi connectivity index (χ0) is 13.8. The molecule has 1 aromatic rings. The summed E-state index contributed by atoms with van der Waals surface area (Å²) in [6, 6.07) is 3.55. The Morgan fingerprint density at radius 2 is 2.16 bits per heavy atom. The van der Waals surface area contributed by atoms with Crippen molar-refractivity contribution in [2.24, 2.45) is 5.92 Å². The van der Waals surface area contributed by atoms with Gasteiger partial charge in [0.15, 0.2) is 0 Å². The van der Waals surface area contributed by atoms with Crippen molar-refractivity contribution in [1.29, 1.82) is 0 Å². The number of anilines is 1. The van der Waals surface area contributed by atoms with Crippen molar-refractivity contribution >= 4 is 11.4 Å². The number of hydrogen-bond acceptors (Lipinski definition) is 4. The molecule has 0 unspecified atom stereocenters. The van der Waals surface area contributed by atoms with E-state index in [0.717, 1.165) is 32.1 Å². The van der Waals surface area contributed by atoms with Crippen LogP contribution in [-0.4, -0.2) is 31.7 Å². The minimum absolute atomic E-state index is 0.0593. The van der Waals surface area contributed by atoms with Gasteiger partial charge in [0.25, 0.3) is 5.69 Å². The molecule has 0 bridgehead atoms. The zero-order valence-corrected chi connectivity index (χ0v) is 10.8. The molecule has 0 saturated carbocycles. The number of nitro groups is 1. The lowest BCUT2D eigenvalue weighted by Crippen LogP contribution is -2.30. The van der Waals surface area contributed by atoms with Crippen molar-refractivity contribution in [2.75, 3.05) is 31.7 Å². The predicted octanol–water partition coefficient (Wildman–Crippen LogP) is 2.60. The Kier molecular flexibility index (Phi) is 4.31. The normalized spacial score (nSPS) is 16.3. The smallest absolute Gasteiger partial charge is 0.292 e. The number of ether oxygens (including phenoxy) is 1. The van der Waals surface area contributed by atoms with Crippen LogP contribution in [0.5, 0.6) is 0 Å². The Labute approximate surface area is 111 Å². The maximum atomic E-state index is 13.3. The van der Waals surface area contributed by atoms with Crippen LogP contribution in [0.25, 0.3) is 0 Å². The first-order valence-electron chi connectivity index (χ1n) is 6.30. The SMILES string of the molecule is CN(CC1CCOCC1)c1cc(F)ccc1[N+](=O)[O-]. The zero-order valence-electron chi connectivity index (χ0n) is 10.8. The van der Waals surface area contributed by atoms with Crippen LogP contribution >= 0.6 is 0 Å². The molecule has 1 aliphatic rings. The first-order valence-corrected chi connectivity index (χ1v) is 6.30. The molecule has 0 aliphatic carbocycles. The summed E-state index contributed by atoms with van der Waals surface area (Å²) in [5.41, 5.74) is 0.271. The fraction of sp³-hybridized carbons (Fsp3) is 0.538. The average Bonchev–Trinajstić information content (AvgIpc) is 2.39. The quantitative estimate of drug-likeness (QED) is 0.622. The van der Waals surface area contributed by atoms with Gasteiger partial charge in [-0.2, -0.15) is 0 Å². The Hall–Kier alpha value is -1.69. The molecule has 0 atom stereocenters. The van der Waals surface area contributed by atoms with E-state index in [9.17, 15) is 14.5 Å². The third kappa shape index (κ3) is 3.41. The second-order valence-electron chi connectivity index (χ2n) is 4.83. The van der Waals surface area contributed by atoms with Crippen molar-refractivity contribution in [2.45, 2.75) is 12.8 Å². The summed E-state index contributed by atoms with van der Waals surface area (Å²) in [5, 5.41) is 11.0. The van der Waals surface area contributed by atoms with Crippen LogP contribution in [0.4, 0.5) is 15.8 Å². The summed E-state index contributed by atoms with van der Waals surface area (Å²) in [6.45, 7) is 2.13. The molecule has 1 aromatic carbocycles. The highest BCUT2D eigenvalue weighted by atomic mass is 19.1. The summed E-state index contributed by atoms with van der Waals surface area (Å²) in [4.78, 5) is 12.3. The summed E-state index contributed by atoms with van der Waals surface area (Å²) < 4.78 is 18.6. The molecule has 0 N–H and O–H groups in total. The van der Waals surface area contributed by atoms with Crippen molar-refractivity contribution < 1.29 is 14.1 Å². The van der Waals surface area contributed by atoms with Gasteiger partial charge >= 0.3 is 0 Å². The molecule has 0 amide bonds. The highest BCUT2D eigenvalue weighted by molar-refractivity contribution is 5.62. The lowest BCUT2D eigenvalue weighted by atomic mass is 9.99. The van der Waals surface area contributed by atoms with E-state index in [1.165, 1.54) is 12.1 Å². The highest BCUT2D eigenvalue weighted by Crippen LogP contribution is 2.29. The molecule has 19 heavy (non-hydrogen) atoms. The molecule has 6 heteroatoms. The van der Waals surface area contributed by atoms with Crippen molar-refractivity contribution in [3.8, 4) is 0 Å². The molecular formula is C13H17FN2O3. The lowest BCUT2D eigenvalue weighted by molar-refractivity contribution is -0.384. The number of benzene rings is 1. The Morgan fingerprint density at radius 3 is 2.79 bits per heavy atom. The maximum absolute atomic E-state index is 13.3. The number of nitro benzene ring substituents is 1. The standard InChI is InChI=1S/C13H17FN2O3/c1-15(9-10-4-6-19-7-5-10)13-8-11(14)2-3-12(13)16(17)18/h2-3,8,10H,4-7,9H2,1H3. The molecule has 104 valence electrons. The molecule has 5 nitrogen and oxygen atoms in total. The largest absolute Gasteiger partial charge is 0.381 e. The van der Waals surface area contributed by atoms with Crippen LogP contribution in [0.2, 0.25) is 0 Å². The van der Waals surface area contributed by atoms with Crippen LogP contribution in [0.15, 0.2) is 18.2 Å². The van der Waals surface area contributed by atoms with E-state index in [2.05, 4.69) is 0 Å². The average molecular weight is 268 g/mol. The third-order valence-corrected chi connectivity index (χ3v) is 3.42. The van der Waals surface area contributed by atoms with E-state index in [0.29, 0.717) is 18.2 Å². The van der Waals surface area contributed by atoms with E-state index in [1.54, 1.807) is 11.9 Å². The van der Waals surface area contributed by atoms with E-state index >= 15 is 0 Å². The fourth-order valence-corrected chi connectivity index (χ4v) is 2.37. The Balaban J connectivity index is 2.14. The monoisotopic (exact) mass is 268 g/mol. The Bertz CT molecular complexity index is 461. The van der Waals surface area contributed by atoms with Gasteiger partial charge in [-0.3, -0.25) is 10.1 Å². The van der Waals surface area contributed by atoms with Gasteiger partial charge in [0.2, 0.25) is 0 Å². The lowest BCUT2D eigenvalue weighted by Gasteiger charge is -2.28. The highest BCUT2D eigenvalue weighted by Gasteiger charge is 2.21. The van der Waals surface area contributed by atoms with E-state index in [4.69, 9.17) is 4.74 Å². The number of hydrogen-bond donors (Lipinski definition) is 0. The van der Waals surface area contributed by atoms with Crippen molar-refractivity contribution in [1.82, 2.24) is 0 Å². The Morgan fingerprint density at radius 1 is 1.47 bits per heavy atom. The minimum atomic E-state index is -0.477. The predicted molar refractivity (Wildman–Crippen MR) is 69.9 cm³/mol. The summed E-state index contributed by atoms with van der Waals surface area (Å²) in [7, 11) is 1.76. The van der Waals surface area contributed by atoms with E-state index in [-0.39, 0.29) is 5.69 Å². The molecule has 1 saturated heterocycles. The van der Waals surface area contributed by atoms with Gasteiger partial charge in [-0.25, -0.2) is 4.39 Å². The summed E-state index contributed by atoms with van der Waals surface area (Å²) >= 11 is 0. The van der Waals surface area contributed by atoms with Gasteiger partial charge < -0.3 is 9.64 Å². The van der Waals surface area contributed by atoms with Gasteiger partial charge in [0.1, 0.15) is 11.5 Å². The first-order chi connectivity index (χ1) is 9.08. The maximum Gasteiger partial charge on any atom is 0.292 e. The second kappa shape index (κ2) is 5.97. The van der Waals surface area contributed by atoms with Crippen LogP contribution in [0.1, 0.15) is 12.8 Å². The molecule has 0 aromatic heterocycles. The molecule has 0 radical (unpaired) electrons.